The molecule has 1 aliphatic heterocycles. The number of rotatable bonds is 4. The maximum atomic E-state index is 13.0. The highest BCUT2D eigenvalue weighted by Crippen LogP contribution is 2.33. The number of furan rings is 1. The van der Waals surface area contributed by atoms with Crippen LogP contribution in [0.1, 0.15) is 28.6 Å². The number of amides is 1. The molecule has 0 spiro atoms. The van der Waals surface area contributed by atoms with Crippen molar-refractivity contribution in [2.45, 2.75) is 13.1 Å². The second-order valence-electron chi connectivity index (χ2n) is 6.99. The van der Waals surface area contributed by atoms with Crippen molar-refractivity contribution in [2.24, 2.45) is 5.10 Å². The second-order valence-corrected chi connectivity index (χ2v) is 6.99. The van der Waals surface area contributed by atoms with Gasteiger partial charge < -0.3 is 9.52 Å². The number of hydrogen-bond acceptors (Lipinski definition) is 4. The highest BCUT2D eigenvalue weighted by atomic mass is 19.4. The molecule has 2 aromatic carbocycles. The molecule has 0 fully saturated rings. The maximum absolute atomic E-state index is 13.0. The van der Waals surface area contributed by atoms with Gasteiger partial charge in [0.15, 0.2) is 0 Å². The van der Waals surface area contributed by atoms with Crippen molar-refractivity contribution in [3.8, 4) is 11.3 Å². The van der Waals surface area contributed by atoms with Crippen molar-refractivity contribution >= 4 is 29.4 Å². The van der Waals surface area contributed by atoms with Crippen LogP contribution in [-0.2, 0) is 11.0 Å². The minimum atomic E-state index is -4.47. The van der Waals surface area contributed by atoms with Gasteiger partial charge in [-0.3, -0.25) is 4.79 Å². The number of nitrogens with zero attached hydrogens (tertiary/aromatic N) is 2. The standard InChI is InChI=1S/C23H15F3N2O4/c1-13-19(21(29)28(27-13)17-7-5-14(6-8-17)22(30)31)12-18-9-10-20(32-18)15-3-2-4-16(11-15)23(24,25)26/h2-12H,1H3,(H,30,31). The van der Waals surface area contributed by atoms with Crippen LogP contribution in [0.3, 0.4) is 0 Å². The average molecular weight is 440 g/mol. The molecule has 1 amide bonds. The monoisotopic (exact) mass is 440 g/mol. The highest BCUT2D eigenvalue weighted by Gasteiger charge is 2.31. The number of carboxylic acid groups (broad SMARTS) is 1. The highest BCUT2D eigenvalue weighted by molar-refractivity contribution is 6.32. The van der Waals surface area contributed by atoms with E-state index in [1.54, 1.807) is 13.0 Å². The molecule has 3 aromatic rings. The van der Waals surface area contributed by atoms with Crippen molar-refractivity contribution in [1.82, 2.24) is 0 Å². The van der Waals surface area contributed by atoms with Gasteiger partial charge in [-0.15, -0.1) is 0 Å². The molecule has 1 N–H and O–H groups in total. The number of alkyl halides is 3. The Labute approximate surface area is 179 Å². The summed E-state index contributed by atoms with van der Waals surface area (Å²) in [5.41, 5.74) is 0.602. The SMILES string of the molecule is CC1=NN(c2ccc(C(=O)O)cc2)C(=O)C1=Cc1ccc(-c2cccc(C(F)(F)F)c2)o1. The van der Waals surface area contributed by atoms with Crippen LogP contribution in [0.2, 0.25) is 0 Å². The predicted octanol–water partition coefficient (Wildman–Crippen LogP) is 5.47. The fraction of sp³-hybridized carbons (Fsp3) is 0.0870. The zero-order valence-electron chi connectivity index (χ0n) is 16.6. The second kappa shape index (κ2) is 7.84. The van der Waals surface area contributed by atoms with Crippen LogP contribution >= 0.6 is 0 Å². The molecule has 0 saturated carbocycles. The smallest absolute Gasteiger partial charge is 0.416 e. The summed E-state index contributed by atoms with van der Waals surface area (Å²) in [4.78, 5) is 23.8. The first kappa shape index (κ1) is 21.1. The lowest BCUT2D eigenvalue weighted by molar-refractivity contribution is -0.137. The third-order valence-corrected chi connectivity index (χ3v) is 4.81. The van der Waals surface area contributed by atoms with Crippen molar-refractivity contribution < 1.29 is 32.3 Å². The van der Waals surface area contributed by atoms with Crippen LogP contribution in [0.5, 0.6) is 0 Å². The van der Waals surface area contributed by atoms with Gasteiger partial charge in [0.1, 0.15) is 11.5 Å². The van der Waals surface area contributed by atoms with E-state index in [0.717, 1.165) is 17.1 Å². The Morgan fingerprint density at radius 3 is 2.47 bits per heavy atom. The topological polar surface area (TPSA) is 83.1 Å². The number of hydrazone groups is 1. The Kier molecular flexibility index (Phi) is 5.17. The Morgan fingerprint density at radius 2 is 1.81 bits per heavy atom. The predicted molar refractivity (Wildman–Crippen MR) is 111 cm³/mol. The van der Waals surface area contributed by atoms with E-state index in [9.17, 15) is 22.8 Å². The Morgan fingerprint density at radius 1 is 1.09 bits per heavy atom. The first-order valence-corrected chi connectivity index (χ1v) is 9.36. The number of hydrogen-bond donors (Lipinski definition) is 1. The number of carbonyl (C=O) groups is 2. The Balaban J connectivity index is 1.59. The van der Waals surface area contributed by atoms with Gasteiger partial charge in [-0.2, -0.15) is 23.3 Å². The van der Waals surface area contributed by atoms with E-state index >= 15 is 0 Å². The summed E-state index contributed by atoms with van der Waals surface area (Å²) in [6, 6.07) is 13.5. The van der Waals surface area contributed by atoms with E-state index in [1.165, 1.54) is 48.5 Å². The van der Waals surface area contributed by atoms with Crippen LogP contribution in [-0.4, -0.2) is 22.7 Å². The molecule has 1 aliphatic rings. The lowest BCUT2D eigenvalue weighted by atomic mass is 10.1. The van der Waals surface area contributed by atoms with Crippen molar-refractivity contribution in [3.63, 3.8) is 0 Å². The molecule has 0 saturated heterocycles. The van der Waals surface area contributed by atoms with Crippen molar-refractivity contribution in [1.29, 1.82) is 0 Å². The summed E-state index contributed by atoms with van der Waals surface area (Å²) in [6.07, 6.45) is -3.01. The zero-order chi connectivity index (χ0) is 23.0. The third kappa shape index (κ3) is 4.04. The van der Waals surface area contributed by atoms with E-state index in [1.807, 2.05) is 0 Å². The summed E-state index contributed by atoms with van der Waals surface area (Å²) >= 11 is 0. The lowest BCUT2D eigenvalue weighted by Gasteiger charge is -2.11. The molecular weight excluding hydrogens is 425 g/mol. The number of benzene rings is 2. The van der Waals surface area contributed by atoms with Gasteiger partial charge in [0.2, 0.25) is 0 Å². The molecule has 9 heteroatoms. The molecular formula is C23H15F3N2O4. The van der Waals surface area contributed by atoms with Gasteiger partial charge in [-0.25, -0.2) is 4.79 Å². The lowest BCUT2D eigenvalue weighted by Crippen LogP contribution is -2.21. The minimum absolute atomic E-state index is 0.0783. The summed E-state index contributed by atoms with van der Waals surface area (Å²) < 4.78 is 44.5. The summed E-state index contributed by atoms with van der Waals surface area (Å²) in [7, 11) is 0. The molecule has 0 unspecified atom stereocenters. The van der Waals surface area contributed by atoms with E-state index in [4.69, 9.17) is 9.52 Å². The Bertz CT molecular complexity index is 1270. The fourth-order valence-electron chi connectivity index (χ4n) is 3.18. The largest absolute Gasteiger partial charge is 0.478 e. The van der Waals surface area contributed by atoms with Crippen LogP contribution in [0.4, 0.5) is 18.9 Å². The van der Waals surface area contributed by atoms with Crippen LogP contribution in [0.15, 0.2) is 75.8 Å². The van der Waals surface area contributed by atoms with E-state index < -0.39 is 23.6 Å². The molecule has 32 heavy (non-hydrogen) atoms. The van der Waals surface area contributed by atoms with Gasteiger partial charge in [0.25, 0.3) is 5.91 Å². The molecule has 6 nitrogen and oxygen atoms in total. The molecule has 4 rings (SSSR count). The number of halogens is 3. The molecule has 162 valence electrons. The van der Waals surface area contributed by atoms with Crippen LogP contribution in [0.25, 0.3) is 17.4 Å². The first-order chi connectivity index (χ1) is 15.1. The van der Waals surface area contributed by atoms with Gasteiger partial charge in [-0.05, 0) is 61.5 Å². The first-order valence-electron chi connectivity index (χ1n) is 9.36. The molecule has 0 bridgehead atoms. The number of anilines is 1. The van der Waals surface area contributed by atoms with Gasteiger partial charge >= 0.3 is 12.1 Å². The average Bonchev–Trinajstić information content (AvgIpc) is 3.34. The van der Waals surface area contributed by atoms with E-state index in [2.05, 4.69) is 5.10 Å². The molecule has 1 aromatic heterocycles. The van der Waals surface area contributed by atoms with Crippen LogP contribution in [0, 0.1) is 0 Å². The van der Waals surface area contributed by atoms with Gasteiger partial charge in [0, 0.05) is 5.56 Å². The quantitative estimate of drug-likeness (QED) is 0.546. The molecule has 0 atom stereocenters. The van der Waals surface area contributed by atoms with Gasteiger partial charge in [-0.1, -0.05) is 12.1 Å². The summed E-state index contributed by atoms with van der Waals surface area (Å²) in [6.45, 7) is 1.63. The van der Waals surface area contributed by atoms with Gasteiger partial charge in [0.05, 0.1) is 28.1 Å². The van der Waals surface area contributed by atoms with Crippen LogP contribution < -0.4 is 5.01 Å². The Hall–Kier alpha value is -4.14. The van der Waals surface area contributed by atoms with Crippen molar-refractivity contribution in [3.05, 3.63) is 83.1 Å². The molecule has 0 aliphatic carbocycles. The minimum Gasteiger partial charge on any atom is -0.478 e. The van der Waals surface area contributed by atoms with E-state index in [0.29, 0.717) is 11.4 Å². The number of carbonyl (C=O) groups excluding carboxylic acids is 1. The molecule has 2 heterocycles. The third-order valence-electron chi connectivity index (χ3n) is 4.81. The van der Waals surface area contributed by atoms with Crippen molar-refractivity contribution in [2.75, 3.05) is 5.01 Å². The number of carboxylic acids is 1. The summed E-state index contributed by atoms with van der Waals surface area (Å²) in [5.74, 6) is -1.02. The molecule has 0 radical (unpaired) electrons. The summed E-state index contributed by atoms with van der Waals surface area (Å²) in [5, 5.41) is 14.4. The fourth-order valence-corrected chi connectivity index (χ4v) is 3.18. The normalized spacial score (nSPS) is 15.4. The number of aromatic carboxylic acids is 1. The maximum Gasteiger partial charge on any atom is 0.416 e. The van der Waals surface area contributed by atoms with E-state index in [-0.39, 0.29) is 28.2 Å². The zero-order valence-corrected chi connectivity index (χ0v) is 16.6.